The van der Waals surface area contributed by atoms with Crippen LogP contribution in [0.25, 0.3) is 0 Å². The third-order valence-corrected chi connectivity index (χ3v) is 4.21. The highest BCUT2D eigenvalue weighted by atomic mass is 16.5. The minimum Gasteiger partial charge on any atom is -0.376 e. The highest BCUT2D eigenvalue weighted by Gasteiger charge is 2.22. The zero-order chi connectivity index (χ0) is 16.9. The Morgan fingerprint density at radius 1 is 1.25 bits per heavy atom. The molecule has 0 saturated carbocycles. The van der Waals surface area contributed by atoms with Crippen LogP contribution in [0.1, 0.15) is 25.7 Å². The molecule has 1 unspecified atom stereocenters. The number of hydrogen-bond acceptors (Lipinski definition) is 4. The molecule has 0 aromatic heterocycles. The van der Waals surface area contributed by atoms with Crippen LogP contribution in [0.5, 0.6) is 0 Å². The van der Waals surface area contributed by atoms with Crippen LogP contribution < -0.4 is 15.5 Å². The van der Waals surface area contributed by atoms with Crippen LogP contribution in [0.4, 0.5) is 11.4 Å². The van der Waals surface area contributed by atoms with E-state index in [4.69, 9.17) is 4.74 Å². The van der Waals surface area contributed by atoms with Crippen molar-refractivity contribution in [3.05, 3.63) is 24.3 Å². The molecule has 3 amide bonds. The van der Waals surface area contributed by atoms with Gasteiger partial charge in [0.2, 0.25) is 5.91 Å². The third-order valence-electron chi connectivity index (χ3n) is 4.21. The smallest absolute Gasteiger partial charge is 0.313 e. The van der Waals surface area contributed by atoms with Gasteiger partial charge in [0.05, 0.1) is 6.10 Å². The van der Waals surface area contributed by atoms with Gasteiger partial charge in [-0.25, -0.2) is 0 Å². The average molecular weight is 331 g/mol. The lowest BCUT2D eigenvalue weighted by molar-refractivity contribution is -0.136. The van der Waals surface area contributed by atoms with Crippen molar-refractivity contribution >= 4 is 29.1 Å². The van der Waals surface area contributed by atoms with Crippen molar-refractivity contribution in [2.45, 2.75) is 31.8 Å². The standard InChI is InChI=1S/C17H21N3O4/c21-15-7-2-8-20(15)13-5-1-4-12(10-13)19-17(23)16(22)18-11-14-6-3-9-24-14/h1,4-5,10,14H,2-3,6-9,11H2,(H,18,22)(H,19,23). The quantitative estimate of drug-likeness (QED) is 0.807. The largest absolute Gasteiger partial charge is 0.376 e. The van der Waals surface area contributed by atoms with Gasteiger partial charge in [-0.1, -0.05) is 6.07 Å². The molecule has 2 saturated heterocycles. The Kier molecular flexibility index (Phi) is 5.10. The number of nitrogens with zero attached hydrogens (tertiary/aromatic N) is 1. The number of rotatable bonds is 4. The molecule has 2 heterocycles. The molecule has 0 aliphatic carbocycles. The van der Waals surface area contributed by atoms with Gasteiger partial charge in [-0.15, -0.1) is 0 Å². The van der Waals surface area contributed by atoms with E-state index < -0.39 is 11.8 Å². The monoisotopic (exact) mass is 331 g/mol. The maximum absolute atomic E-state index is 12.0. The molecular weight excluding hydrogens is 310 g/mol. The van der Waals surface area contributed by atoms with E-state index in [-0.39, 0.29) is 12.0 Å². The van der Waals surface area contributed by atoms with Gasteiger partial charge in [0, 0.05) is 37.5 Å². The number of amides is 3. The molecule has 1 aromatic carbocycles. The van der Waals surface area contributed by atoms with E-state index in [0.717, 1.165) is 24.9 Å². The fourth-order valence-corrected chi connectivity index (χ4v) is 2.95. The Morgan fingerprint density at radius 2 is 2.12 bits per heavy atom. The van der Waals surface area contributed by atoms with Crippen LogP contribution in [-0.2, 0) is 19.1 Å². The topological polar surface area (TPSA) is 87.7 Å². The number of benzene rings is 1. The predicted molar refractivity (Wildman–Crippen MR) is 88.6 cm³/mol. The molecule has 2 N–H and O–H groups in total. The van der Waals surface area contributed by atoms with Crippen LogP contribution in [0.15, 0.2) is 24.3 Å². The second-order valence-electron chi connectivity index (χ2n) is 6.00. The number of ether oxygens (including phenoxy) is 1. The van der Waals surface area contributed by atoms with E-state index in [1.807, 2.05) is 6.07 Å². The predicted octanol–water partition coefficient (Wildman–Crippen LogP) is 1.05. The molecule has 0 bridgehead atoms. The minimum atomic E-state index is -0.724. The van der Waals surface area contributed by atoms with Gasteiger partial charge in [0.15, 0.2) is 0 Å². The zero-order valence-corrected chi connectivity index (χ0v) is 13.4. The number of nitrogens with one attached hydrogen (secondary N) is 2. The third kappa shape index (κ3) is 3.91. The first-order valence-corrected chi connectivity index (χ1v) is 8.25. The molecule has 0 radical (unpaired) electrons. The fraction of sp³-hybridized carbons (Fsp3) is 0.471. The normalized spacial score (nSPS) is 20.2. The first-order valence-electron chi connectivity index (χ1n) is 8.25. The van der Waals surface area contributed by atoms with Crippen molar-refractivity contribution in [3.8, 4) is 0 Å². The zero-order valence-electron chi connectivity index (χ0n) is 13.4. The first-order chi connectivity index (χ1) is 11.6. The second-order valence-corrected chi connectivity index (χ2v) is 6.00. The van der Waals surface area contributed by atoms with Crippen LogP contribution >= 0.6 is 0 Å². The highest BCUT2D eigenvalue weighted by molar-refractivity contribution is 6.39. The Bertz CT molecular complexity index is 640. The summed E-state index contributed by atoms with van der Waals surface area (Å²) in [5.41, 5.74) is 1.22. The van der Waals surface area contributed by atoms with Crippen LogP contribution in [0.2, 0.25) is 0 Å². The van der Waals surface area contributed by atoms with Gasteiger partial charge >= 0.3 is 11.8 Å². The molecule has 24 heavy (non-hydrogen) atoms. The number of anilines is 2. The van der Waals surface area contributed by atoms with Crippen molar-refractivity contribution in [1.29, 1.82) is 0 Å². The van der Waals surface area contributed by atoms with E-state index >= 15 is 0 Å². The van der Waals surface area contributed by atoms with E-state index in [0.29, 0.717) is 31.8 Å². The van der Waals surface area contributed by atoms with Crippen molar-refractivity contribution < 1.29 is 19.1 Å². The molecule has 128 valence electrons. The van der Waals surface area contributed by atoms with Crippen LogP contribution in [0, 0.1) is 0 Å². The van der Waals surface area contributed by atoms with Crippen molar-refractivity contribution in [1.82, 2.24) is 5.32 Å². The molecule has 1 atom stereocenters. The van der Waals surface area contributed by atoms with Gasteiger partial charge in [-0.2, -0.15) is 0 Å². The Labute approximate surface area is 140 Å². The molecule has 7 nitrogen and oxygen atoms in total. The minimum absolute atomic E-state index is 0.00810. The summed E-state index contributed by atoms with van der Waals surface area (Å²) in [6, 6.07) is 6.96. The Hall–Kier alpha value is -2.41. The Morgan fingerprint density at radius 3 is 2.83 bits per heavy atom. The summed E-state index contributed by atoms with van der Waals surface area (Å²) < 4.78 is 5.40. The van der Waals surface area contributed by atoms with E-state index in [1.54, 1.807) is 23.1 Å². The Balaban J connectivity index is 1.55. The maximum atomic E-state index is 12.0. The number of carbonyl (C=O) groups excluding carboxylic acids is 3. The van der Waals surface area contributed by atoms with Gasteiger partial charge in [0.25, 0.3) is 0 Å². The highest BCUT2D eigenvalue weighted by Crippen LogP contribution is 2.24. The van der Waals surface area contributed by atoms with Gasteiger partial charge < -0.3 is 20.3 Å². The SMILES string of the molecule is O=C(NCC1CCCO1)C(=O)Nc1cccc(N2CCCC2=O)c1. The van der Waals surface area contributed by atoms with Crippen molar-refractivity contribution in [2.75, 3.05) is 29.9 Å². The van der Waals surface area contributed by atoms with E-state index in [9.17, 15) is 14.4 Å². The van der Waals surface area contributed by atoms with Crippen LogP contribution in [0.3, 0.4) is 0 Å². The summed E-state index contributed by atoms with van der Waals surface area (Å²) in [5, 5.41) is 5.15. The molecule has 0 spiro atoms. The fourth-order valence-electron chi connectivity index (χ4n) is 2.95. The molecule has 2 aliphatic rings. The van der Waals surface area contributed by atoms with Crippen molar-refractivity contribution in [2.24, 2.45) is 0 Å². The molecule has 3 rings (SSSR count). The summed E-state index contributed by atoms with van der Waals surface area (Å²) >= 11 is 0. The first kappa shape index (κ1) is 16.4. The summed E-state index contributed by atoms with van der Waals surface area (Å²) in [7, 11) is 0. The van der Waals surface area contributed by atoms with Crippen molar-refractivity contribution in [3.63, 3.8) is 0 Å². The molecule has 2 aliphatic heterocycles. The molecule has 1 aromatic rings. The lowest BCUT2D eigenvalue weighted by Gasteiger charge is -2.16. The molecule has 7 heteroatoms. The number of hydrogen-bond donors (Lipinski definition) is 2. The molecule has 2 fully saturated rings. The van der Waals surface area contributed by atoms with E-state index in [1.165, 1.54) is 0 Å². The average Bonchev–Trinajstić information content (AvgIpc) is 3.24. The number of carbonyl (C=O) groups is 3. The summed E-state index contributed by atoms with van der Waals surface area (Å²) in [6.45, 7) is 1.72. The lowest BCUT2D eigenvalue weighted by Crippen LogP contribution is -2.39. The lowest BCUT2D eigenvalue weighted by atomic mass is 10.2. The second kappa shape index (κ2) is 7.44. The molecular formula is C17H21N3O4. The summed E-state index contributed by atoms with van der Waals surface area (Å²) in [5.74, 6) is -1.33. The maximum Gasteiger partial charge on any atom is 0.313 e. The summed E-state index contributed by atoms with van der Waals surface area (Å²) in [4.78, 5) is 37.3. The van der Waals surface area contributed by atoms with Crippen LogP contribution in [-0.4, -0.2) is 43.5 Å². The van der Waals surface area contributed by atoms with Gasteiger partial charge in [-0.05, 0) is 37.5 Å². The summed E-state index contributed by atoms with van der Waals surface area (Å²) in [6.07, 6.45) is 3.25. The van der Waals surface area contributed by atoms with Gasteiger partial charge in [0.1, 0.15) is 0 Å². The van der Waals surface area contributed by atoms with Gasteiger partial charge in [-0.3, -0.25) is 14.4 Å². The van der Waals surface area contributed by atoms with E-state index in [2.05, 4.69) is 10.6 Å².